The summed E-state index contributed by atoms with van der Waals surface area (Å²) in [5.41, 5.74) is 1.30. The summed E-state index contributed by atoms with van der Waals surface area (Å²) in [7, 11) is 3.87. The number of nitrogens with zero attached hydrogens (tertiary/aromatic N) is 2. The first kappa shape index (κ1) is 14.3. The van der Waals surface area contributed by atoms with Crippen LogP contribution < -0.4 is 10.2 Å². The zero-order chi connectivity index (χ0) is 14.1. The van der Waals surface area contributed by atoms with Crippen LogP contribution in [-0.2, 0) is 11.2 Å². The van der Waals surface area contributed by atoms with Crippen molar-refractivity contribution in [3.8, 4) is 0 Å². The van der Waals surface area contributed by atoms with E-state index in [1.165, 1.54) is 41.4 Å². The van der Waals surface area contributed by atoms with E-state index in [4.69, 9.17) is 9.72 Å². The molecule has 1 fully saturated rings. The van der Waals surface area contributed by atoms with Crippen molar-refractivity contribution in [2.75, 3.05) is 32.1 Å². The molecule has 1 aliphatic heterocycles. The van der Waals surface area contributed by atoms with Crippen LogP contribution in [0.15, 0.2) is 0 Å². The van der Waals surface area contributed by atoms with Gasteiger partial charge in [0.2, 0.25) is 0 Å². The first-order chi connectivity index (χ1) is 9.72. The van der Waals surface area contributed by atoms with Gasteiger partial charge in [-0.1, -0.05) is 6.92 Å². The third-order valence-corrected chi connectivity index (χ3v) is 5.95. The highest BCUT2D eigenvalue weighted by atomic mass is 32.1. The molecule has 3 unspecified atom stereocenters. The van der Waals surface area contributed by atoms with Gasteiger partial charge in [-0.05, 0) is 38.6 Å². The number of anilines is 1. The summed E-state index contributed by atoms with van der Waals surface area (Å²) in [5.74, 6) is 0.649. The molecule has 3 atom stereocenters. The molecule has 20 heavy (non-hydrogen) atoms. The zero-order valence-electron chi connectivity index (χ0n) is 12.7. The zero-order valence-corrected chi connectivity index (χ0v) is 13.5. The minimum Gasteiger partial charge on any atom is -0.379 e. The molecule has 0 radical (unpaired) electrons. The summed E-state index contributed by atoms with van der Waals surface area (Å²) in [5, 5.41) is 4.60. The summed E-state index contributed by atoms with van der Waals surface area (Å²) >= 11 is 1.89. The predicted octanol–water partition coefficient (Wildman–Crippen LogP) is 2.60. The van der Waals surface area contributed by atoms with Gasteiger partial charge in [-0.15, -0.1) is 11.3 Å². The lowest BCUT2D eigenvalue weighted by molar-refractivity contribution is 0.0498. The van der Waals surface area contributed by atoms with Crippen molar-refractivity contribution < 1.29 is 4.74 Å². The number of nitrogens with one attached hydrogen (secondary N) is 1. The van der Waals surface area contributed by atoms with Crippen LogP contribution >= 0.6 is 11.3 Å². The number of thiazole rings is 1. The molecule has 1 aliphatic carbocycles. The molecule has 0 bridgehead atoms. The molecule has 0 aromatic carbocycles. The molecular formula is C15H25N3OS. The Kier molecular flexibility index (Phi) is 4.29. The highest BCUT2D eigenvalue weighted by Crippen LogP contribution is 2.37. The van der Waals surface area contributed by atoms with E-state index in [-0.39, 0.29) is 0 Å². The Hall–Kier alpha value is -0.650. The lowest BCUT2D eigenvalue weighted by atomic mass is 9.96. The smallest absolute Gasteiger partial charge is 0.185 e. The molecule has 112 valence electrons. The normalized spacial score (nSPS) is 30.4. The van der Waals surface area contributed by atoms with Gasteiger partial charge in [0.1, 0.15) is 0 Å². The monoisotopic (exact) mass is 295 g/mol. The molecule has 3 rings (SSSR count). The maximum Gasteiger partial charge on any atom is 0.185 e. The molecule has 1 aromatic rings. The largest absolute Gasteiger partial charge is 0.379 e. The number of rotatable bonds is 3. The molecule has 1 saturated heterocycles. The average molecular weight is 295 g/mol. The van der Waals surface area contributed by atoms with Crippen LogP contribution in [0.25, 0.3) is 0 Å². The molecule has 5 heteroatoms. The van der Waals surface area contributed by atoms with E-state index in [0.717, 1.165) is 13.1 Å². The number of ether oxygens (including phenoxy) is 1. The van der Waals surface area contributed by atoms with Crippen molar-refractivity contribution in [3.05, 3.63) is 10.6 Å². The summed E-state index contributed by atoms with van der Waals surface area (Å²) in [4.78, 5) is 8.85. The van der Waals surface area contributed by atoms with Crippen molar-refractivity contribution in [1.29, 1.82) is 0 Å². The van der Waals surface area contributed by atoms with Gasteiger partial charge < -0.3 is 15.0 Å². The van der Waals surface area contributed by atoms with Crippen LogP contribution in [0.4, 0.5) is 5.13 Å². The summed E-state index contributed by atoms with van der Waals surface area (Å²) < 4.78 is 5.62. The number of hydrogen-bond acceptors (Lipinski definition) is 5. The van der Waals surface area contributed by atoms with Gasteiger partial charge in [0.15, 0.2) is 5.13 Å². The Morgan fingerprint density at radius 2 is 2.25 bits per heavy atom. The Balaban J connectivity index is 1.79. The summed E-state index contributed by atoms with van der Waals surface area (Å²) in [6.45, 7) is 4.38. The Labute approximate surface area is 125 Å². The van der Waals surface area contributed by atoms with Gasteiger partial charge in [-0.2, -0.15) is 0 Å². The van der Waals surface area contributed by atoms with Gasteiger partial charge in [0, 0.05) is 25.1 Å². The van der Waals surface area contributed by atoms with E-state index >= 15 is 0 Å². The molecule has 0 spiro atoms. The molecule has 1 aromatic heterocycles. The van der Waals surface area contributed by atoms with Crippen LogP contribution in [-0.4, -0.2) is 38.3 Å². The van der Waals surface area contributed by atoms with Crippen LogP contribution in [0.1, 0.15) is 42.8 Å². The molecular weight excluding hydrogens is 270 g/mol. The van der Waals surface area contributed by atoms with E-state index < -0.39 is 0 Å². The number of fused-ring (bicyclic) bond motifs is 1. The minimum absolute atomic E-state index is 0.338. The van der Waals surface area contributed by atoms with Crippen LogP contribution in [0, 0.1) is 5.92 Å². The van der Waals surface area contributed by atoms with Crippen LogP contribution in [0.2, 0.25) is 0 Å². The summed E-state index contributed by atoms with van der Waals surface area (Å²) in [6, 6.07) is 0.450. The van der Waals surface area contributed by atoms with Crippen LogP contribution in [0.3, 0.4) is 0 Å². The Morgan fingerprint density at radius 1 is 1.40 bits per heavy atom. The second kappa shape index (κ2) is 6.00. The number of hydrogen-bond donors (Lipinski definition) is 1. The van der Waals surface area contributed by atoms with E-state index in [0.29, 0.717) is 18.1 Å². The fourth-order valence-electron chi connectivity index (χ4n) is 3.34. The van der Waals surface area contributed by atoms with E-state index in [9.17, 15) is 0 Å². The molecule has 0 amide bonds. The van der Waals surface area contributed by atoms with Crippen LogP contribution in [0.5, 0.6) is 0 Å². The van der Waals surface area contributed by atoms with Gasteiger partial charge in [0.25, 0.3) is 0 Å². The van der Waals surface area contributed by atoms with Gasteiger partial charge >= 0.3 is 0 Å². The quantitative estimate of drug-likeness (QED) is 0.930. The number of methoxy groups -OCH3 is 1. The maximum atomic E-state index is 5.62. The molecule has 1 N–H and O–H groups in total. The first-order valence-electron chi connectivity index (χ1n) is 7.67. The number of aromatic nitrogens is 1. The van der Waals surface area contributed by atoms with Crippen molar-refractivity contribution in [3.63, 3.8) is 0 Å². The fraction of sp³-hybridized carbons (Fsp3) is 0.800. The SMILES string of the molecule is CNC1CCCc2sc(N3CCC(C)C(OC)C3)nc21. The second-order valence-electron chi connectivity index (χ2n) is 6.02. The van der Waals surface area contributed by atoms with Crippen molar-refractivity contribution in [2.24, 2.45) is 5.92 Å². The third kappa shape index (κ3) is 2.59. The molecule has 2 heterocycles. The minimum atomic E-state index is 0.338. The first-order valence-corrected chi connectivity index (χ1v) is 8.49. The van der Waals surface area contributed by atoms with Crippen molar-refractivity contribution in [2.45, 2.75) is 44.8 Å². The standard InChI is InChI=1S/C15H25N3OS/c1-10-7-8-18(9-12(10)19-3)15-17-14-11(16-2)5-4-6-13(14)20-15/h10-12,16H,4-9H2,1-3H3. The number of aryl methyl sites for hydroxylation is 1. The molecule has 2 aliphatic rings. The van der Waals surface area contributed by atoms with E-state index in [2.05, 4.69) is 17.1 Å². The highest BCUT2D eigenvalue weighted by molar-refractivity contribution is 7.15. The van der Waals surface area contributed by atoms with Gasteiger partial charge in [-0.3, -0.25) is 0 Å². The maximum absolute atomic E-state index is 5.62. The topological polar surface area (TPSA) is 37.4 Å². The third-order valence-electron chi connectivity index (χ3n) is 4.75. The average Bonchev–Trinajstić information content (AvgIpc) is 2.91. The number of piperidine rings is 1. The predicted molar refractivity (Wildman–Crippen MR) is 83.6 cm³/mol. The van der Waals surface area contributed by atoms with E-state index in [1.54, 1.807) is 0 Å². The Bertz CT molecular complexity index is 462. The van der Waals surface area contributed by atoms with Gasteiger partial charge in [-0.25, -0.2) is 4.98 Å². The van der Waals surface area contributed by atoms with E-state index in [1.807, 2.05) is 25.5 Å². The molecule has 0 saturated carbocycles. The highest BCUT2D eigenvalue weighted by Gasteiger charge is 2.30. The Morgan fingerprint density at radius 3 is 3.00 bits per heavy atom. The fourth-order valence-corrected chi connectivity index (χ4v) is 4.53. The molecule has 4 nitrogen and oxygen atoms in total. The lowest BCUT2D eigenvalue weighted by Crippen LogP contribution is -2.43. The lowest BCUT2D eigenvalue weighted by Gasteiger charge is -2.36. The van der Waals surface area contributed by atoms with Gasteiger partial charge in [0.05, 0.1) is 17.8 Å². The summed E-state index contributed by atoms with van der Waals surface area (Å²) in [6.07, 6.45) is 5.22. The van der Waals surface area contributed by atoms with Crippen molar-refractivity contribution in [1.82, 2.24) is 10.3 Å². The second-order valence-corrected chi connectivity index (χ2v) is 7.09. The van der Waals surface area contributed by atoms with Crippen molar-refractivity contribution >= 4 is 16.5 Å².